The average molecular weight is 394 g/mol. The second-order valence-corrected chi connectivity index (χ2v) is 8.29. The van der Waals surface area contributed by atoms with Crippen molar-refractivity contribution in [2.75, 3.05) is 11.4 Å². The number of rotatable bonds is 4. The summed E-state index contributed by atoms with van der Waals surface area (Å²) in [5.74, 6) is -1.91. The number of halogens is 2. The van der Waals surface area contributed by atoms with Crippen LogP contribution in [0.2, 0.25) is 0 Å². The molecule has 2 rings (SSSR count). The second-order valence-electron chi connectivity index (χ2n) is 3.98. The molecule has 1 aromatic heterocycles. The summed E-state index contributed by atoms with van der Waals surface area (Å²) in [6, 6.07) is 6.47. The molecule has 0 radical (unpaired) electrons. The van der Waals surface area contributed by atoms with Gasteiger partial charge in [0.2, 0.25) is 0 Å². The van der Waals surface area contributed by atoms with Crippen LogP contribution >= 0.6 is 27.3 Å². The maximum absolute atomic E-state index is 13.7. The van der Waals surface area contributed by atoms with Gasteiger partial charge in [-0.1, -0.05) is 12.1 Å². The lowest BCUT2D eigenvalue weighted by Gasteiger charge is -2.19. The number of carboxylic acids is 1. The van der Waals surface area contributed by atoms with Crippen LogP contribution in [0, 0.1) is 5.82 Å². The van der Waals surface area contributed by atoms with E-state index in [9.17, 15) is 17.6 Å². The van der Waals surface area contributed by atoms with Crippen LogP contribution in [-0.4, -0.2) is 26.5 Å². The van der Waals surface area contributed by atoms with Gasteiger partial charge < -0.3 is 5.11 Å². The summed E-state index contributed by atoms with van der Waals surface area (Å²) in [6.45, 7) is 0. The molecule has 0 unspecified atom stereocenters. The molecule has 2 aromatic rings. The Balaban J connectivity index is 2.52. The number of benzene rings is 1. The van der Waals surface area contributed by atoms with Gasteiger partial charge in [-0.25, -0.2) is 17.6 Å². The first kappa shape index (κ1) is 15.9. The molecule has 0 amide bonds. The topological polar surface area (TPSA) is 74.7 Å². The Kier molecular flexibility index (Phi) is 4.35. The molecule has 0 aliphatic rings. The number of carbonyl (C=O) groups is 1. The van der Waals surface area contributed by atoms with Gasteiger partial charge in [0.15, 0.2) is 0 Å². The molecule has 5 nitrogen and oxygen atoms in total. The number of aromatic carboxylic acids is 1. The van der Waals surface area contributed by atoms with E-state index in [1.54, 1.807) is 0 Å². The Morgan fingerprint density at radius 1 is 1.38 bits per heavy atom. The molecule has 112 valence electrons. The fourth-order valence-electron chi connectivity index (χ4n) is 1.62. The van der Waals surface area contributed by atoms with Gasteiger partial charge in [-0.3, -0.25) is 4.31 Å². The zero-order valence-electron chi connectivity index (χ0n) is 10.6. The molecule has 0 bridgehead atoms. The molecule has 1 N–H and O–H groups in total. The minimum absolute atomic E-state index is 0.118. The normalized spacial score (nSPS) is 11.4. The minimum atomic E-state index is -4.06. The molecule has 0 saturated carbocycles. The van der Waals surface area contributed by atoms with Crippen molar-refractivity contribution in [1.29, 1.82) is 0 Å². The van der Waals surface area contributed by atoms with Crippen LogP contribution in [0.4, 0.5) is 10.1 Å². The number of anilines is 1. The summed E-state index contributed by atoms with van der Waals surface area (Å²) in [4.78, 5) is 10.6. The highest BCUT2D eigenvalue weighted by Crippen LogP contribution is 2.35. The molecule has 0 fully saturated rings. The number of sulfonamides is 1. The van der Waals surface area contributed by atoms with Gasteiger partial charge in [-0.2, -0.15) is 0 Å². The fourth-order valence-corrected chi connectivity index (χ4v) is 5.17. The highest BCUT2D eigenvalue weighted by molar-refractivity contribution is 9.11. The van der Waals surface area contributed by atoms with E-state index < -0.39 is 21.8 Å². The molecule has 0 saturated heterocycles. The Hall–Kier alpha value is -1.45. The first-order valence-electron chi connectivity index (χ1n) is 5.51. The number of thiophene rings is 1. The Bertz CT molecular complexity index is 803. The maximum Gasteiger partial charge on any atom is 0.345 e. The van der Waals surface area contributed by atoms with Gasteiger partial charge >= 0.3 is 5.97 Å². The number of hydrogen-bond acceptors (Lipinski definition) is 4. The van der Waals surface area contributed by atoms with Crippen molar-refractivity contribution >= 4 is 48.9 Å². The quantitative estimate of drug-likeness (QED) is 0.865. The summed E-state index contributed by atoms with van der Waals surface area (Å²) in [5, 5.41) is 8.91. The molecule has 0 spiro atoms. The number of hydrogen-bond donors (Lipinski definition) is 1. The predicted octanol–water partition coefficient (Wildman–Crippen LogP) is 3.17. The fraction of sp³-hybridized carbons (Fsp3) is 0.0833. The Morgan fingerprint density at radius 3 is 2.52 bits per heavy atom. The molecular weight excluding hydrogens is 385 g/mol. The van der Waals surface area contributed by atoms with Crippen LogP contribution in [0.5, 0.6) is 0 Å². The van der Waals surface area contributed by atoms with Crippen molar-refractivity contribution in [1.82, 2.24) is 0 Å². The molecule has 0 atom stereocenters. The Labute approximate surface area is 132 Å². The van der Waals surface area contributed by atoms with E-state index >= 15 is 0 Å². The summed E-state index contributed by atoms with van der Waals surface area (Å²) in [6.07, 6.45) is 0. The van der Waals surface area contributed by atoms with E-state index in [0.717, 1.165) is 27.8 Å². The predicted molar refractivity (Wildman–Crippen MR) is 81.0 cm³/mol. The van der Waals surface area contributed by atoms with Crippen molar-refractivity contribution in [3.63, 3.8) is 0 Å². The highest BCUT2D eigenvalue weighted by Gasteiger charge is 2.28. The summed E-state index contributed by atoms with van der Waals surface area (Å²) >= 11 is 3.82. The molecule has 9 heteroatoms. The molecule has 0 aliphatic heterocycles. The molecule has 1 aromatic carbocycles. The largest absolute Gasteiger partial charge is 0.477 e. The van der Waals surface area contributed by atoms with Crippen LogP contribution in [-0.2, 0) is 10.0 Å². The summed E-state index contributed by atoms with van der Waals surface area (Å²) in [5.41, 5.74) is -0.118. The van der Waals surface area contributed by atoms with E-state index in [-0.39, 0.29) is 19.2 Å². The van der Waals surface area contributed by atoms with Gasteiger partial charge in [0.1, 0.15) is 15.6 Å². The first-order valence-corrected chi connectivity index (χ1v) is 8.56. The smallest absolute Gasteiger partial charge is 0.345 e. The van der Waals surface area contributed by atoms with Crippen LogP contribution in [0.3, 0.4) is 0 Å². The molecular formula is C12H9BrFNO4S2. The van der Waals surface area contributed by atoms with Crippen LogP contribution in [0.25, 0.3) is 0 Å². The van der Waals surface area contributed by atoms with E-state index in [2.05, 4.69) is 15.9 Å². The van der Waals surface area contributed by atoms with Crippen molar-refractivity contribution in [3.05, 3.63) is 44.8 Å². The van der Waals surface area contributed by atoms with Gasteiger partial charge in [-0.05, 0) is 34.1 Å². The minimum Gasteiger partial charge on any atom is -0.477 e. The maximum atomic E-state index is 13.7. The van der Waals surface area contributed by atoms with Crippen molar-refractivity contribution < 1.29 is 22.7 Å². The van der Waals surface area contributed by atoms with Gasteiger partial charge in [0.05, 0.1) is 9.47 Å². The van der Waals surface area contributed by atoms with Crippen molar-refractivity contribution in [2.45, 2.75) is 4.90 Å². The van der Waals surface area contributed by atoms with Crippen LogP contribution in [0.1, 0.15) is 9.67 Å². The first-order chi connectivity index (χ1) is 9.75. The molecule has 0 aliphatic carbocycles. The lowest BCUT2D eigenvalue weighted by molar-refractivity contribution is 0.0702. The third-order valence-electron chi connectivity index (χ3n) is 2.70. The third-order valence-corrected chi connectivity index (χ3v) is 6.71. The zero-order valence-corrected chi connectivity index (χ0v) is 13.8. The molecule has 1 heterocycles. The van der Waals surface area contributed by atoms with Crippen molar-refractivity contribution in [2.24, 2.45) is 0 Å². The SMILES string of the molecule is CN(c1ccccc1F)S(=O)(=O)c1cc(C(=O)O)sc1Br. The summed E-state index contributed by atoms with van der Waals surface area (Å²) in [7, 11) is -2.86. The Morgan fingerprint density at radius 2 is 2.00 bits per heavy atom. The average Bonchev–Trinajstić information content (AvgIpc) is 2.81. The number of para-hydroxylation sites is 1. The lowest BCUT2D eigenvalue weighted by atomic mass is 10.3. The van der Waals surface area contributed by atoms with E-state index in [0.29, 0.717) is 0 Å². The molecule has 21 heavy (non-hydrogen) atoms. The second kappa shape index (κ2) is 5.74. The highest BCUT2D eigenvalue weighted by atomic mass is 79.9. The third kappa shape index (κ3) is 2.94. The van der Waals surface area contributed by atoms with Crippen LogP contribution in [0.15, 0.2) is 39.0 Å². The monoisotopic (exact) mass is 393 g/mol. The van der Waals surface area contributed by atoms with Gasteiger partial charge in [0, 0.05) is 7.05 Å². The van der Waals surface area contributed by atoms with Gasteiger partial charge in [-0.15, -0.1) is 11.3 Å². The number of nitrogens with zero attached hydrogens (tertiary/aromatic N) is 1. The van der Waals surface area contributed by atoms with E-state index in [4.69, 9.17) is 5.11 Å². The van der Waals surface area contributed by atoms with E-state index in [1.165, 1.54) is 25.2 Å². The summed E-state index contributed by atoms with van der Waals surface area (Å²) < 4.78 is 39.6. The van der Waals surface area contributed by atoms with Crippen molar-refractivity contribution in [3.8, 4) is 0 Å². The zero-order chi connectivity index (χ0) is 15.8. The standard InChI is InChI=1S/C12H9BrFNO4S2/c1-15(8-5-3-2-4-7(8)14)21(18,19)10-6-9(12(16)17)20-11(10)13/h2-6H,1H3,(H,16,17). The lowest BCUT2D eigenvalue weighted by Crippen LogP contribution is -2.27. The van der Waals surface area contributed by atoms with E-state index in [1.807, 2.05) is 0 Å². The number of carboxylic acid groups (broad SMARTS) is 1. The van der Waals surface area contributed by atoms with Crippen LogP contribution < -0.4 is 4.31 Å². The van der Waals surface area contributed by atoms with Gasteiger partial charge in [0.25, 0.3) is 10.0 Å².